The topological polar surface area (TPSA) is 84.2 Å². The van der Waals surface area contributed by atoms with Crippen molar-refractivity contribution in [2.75, 3.05) is 26.2 Å². The fourth-order valence-corrected chi connectivity index (χ4v) is 3.22. The molecule has 10 heteroatoms. The van der Waals surface area contributed by atoms with Crippen LogP contribution in [0.3, 0.4) is 0 Å². The second kappa shape index (κ2) is 7.74. The smallest absolute Gasteiger partial charge is 0.256 e. The van der Waals surface area contributed by atoms with Gasteiger partial charge in [-0.1, -0.05) is 12.1 Å². The van der Waals surface area contributed by atoms with Crippen molar-refractivity contribution in [3.63, 3.8) is 0 Å². The van der Waals surface area contributed by atoms with Crippen molar-refractivity contribution < 1.29 is 18.4 Å². The minimum absolute atomic E-state index is 0.0766. The molecule has 0 unspecified atom stereocenters. The fourth-order valence-electron chi connectivity index (χ4n) is 3.22. The van der Waals surface area contributed by atoms with E-state index in [1.165, 1.54) is 22.0 Å². The number of aromatic nitrogens is 4. The zero-order valence-corrected chi connectivity index (χ0v) is 15.2. The van der Waals surface area contributed by atoms with Crippen LogP contribution in [-0.4, -0.2) is 68.0 Å². The number of amides is 2. The number of para-hydroxylation sites is 1. The van der Waals surface area contributed by atoms with Crippen molar-refractivity contribution in [1.29, 1.82) is 0 Å². The number of carbonyl (C=O) groups is 2. The molecule has 148 valence electrons. The molecule has 1 fully saturated rings. The maximum Gasteiger partial charge on any atom is 0.256 e. The van der Waals surface area contributed by atoms with E-state index < -0.39 is 17.5 Å². The highest BCUT2D eigenvalue weighted by Crippen LogP contribution is 2.18. The molecule has 2 heterocycles. The van der Waals surface area contributed by atoms with Gasteiger partial charge >= 0.3 is 0 Å². The molecule has 4 rings (SSSR count). The Morgan fingerprint density at radius 3 is 2.21 bits per heavy atom. The first kappa shape index (κ1) is 18.7. The monoisotopic (exact) mass is 398 g/mol. The molecular weight excluding hydrogens is 382 g/mol. The summed E-state index contributed by atoms with van der Waals surface area (Å²) >= 11 is 0. The Bertz CT molecular complexity index is 1050. The largest absolute Gasteiger partial charge is 0.335 e. The second-order valence-corrected chi connectivity index (χ2v) is 6.48. The van der Waals surface area contributed by atoms with Crippen LogP contribution in [0.2, 0.25) is 0 Å². The Morgan fingerprint density at radius 2 is 1.55 bits per heavy atom. The first-order valence-electron chi connectivity index (χ1n) is 8.90. The predicted octanol–water partition coefficient (Wildman–Crippen LogP) is 1.54. The number of rotatable bonds is 3. The molecule has 2 amide bonds. The molecule has 3 aromatic rings. The van der Waals surface area contributed by atoms with Gasteiger partial charge < -0.3 is 9.80 Å². The summed E-state index contributed by atoms with van der Waals surface area (Å²) in [5.74, 6) is -2.66. The van der Waals surface area contributed by atoms with Crippen molar-refractivity contribution in [1.82, 2.24) is 30.0 Å². The van der Waals surface area contributed by atoms with Gasteiger partial charge in [0.05, 0.1) is 11.3 Å². The molecule has 0 bridgehead atoms. The first-order chi connectivity index (χ1) is 14.0. The molecule has 0 N–H and O–H groups in total. The van der Waals surface area contributed by atoms with E-state index in [0.717, 1.165) is 12.1 Å². The number of piperazine rings is 1. The number of nitrogens with zero attached hydrogens (tertiary/aromatic N) is 6. The van der Waals surface area contributed by atoms with Crippen LogP contribution in [-0.2, 0) is 0 Å². The third-order valence-corrected chi connectivity index (χ3v) is 4.75. The lowest BCUT2D eigenvalue weighted by Crippen LogP contribution is -2.50. The molecule has 0 aliphatic carbocycles. The summed E-state index contributed by atoms with van der Waals surface area (Å²) in [6.45, 7) is 1.21. The third-order valence-electron chi connectivity index (χ3n) is 4.75. The second-order valence-electron chi connectivity index (χ2n) is 6.48. The summed E-state index contributed by atoms with van der Waals surface area (Å²) in [6.07, 6.45) is 1.41. The van der Waals surface area contributed by atoms with Crippen molar-refractivity contribution in [2.24, 2.45) is 0 Å². The standard InChI is InChI=1S/C19H16F2N6O2/c20-15-6-5-13(11-16(15)21)18(28)25-7-9-26(10-8-25)19(29)14-3-1-2-4-17(14)27-12-22-23-24-27/h1-6,11-12H,7-10H2. The Hall–Kier alpha value is -3.69. The van der Waals surface area contributed by atoms with Gasteiger partial charge in [-0.15, -0.1) is 5.10 Å². The maximum atomic E-state index is 13.4. The van der Waals surface area contributed by atoms with Crippen LogP contribution in [0.5, 0.6) is 0 Å². The number of halogens is 2. The number of hydrogen-bond acceptors (Lipinski definition) is 5. The van der Waals surface area contributed by atoms with Gasteiger partial charge in [0.1, 0.15) is 6.33 Å². The van der Waals surface area contributed by atoms with Gasteiger partial charge in [-0.05, 0) is 40.8 Å². The molecule has 0 atom stereocenters. The van der Waals surface area contributed by atoms with E-state index in [1.54, 1.807) is 29.2 Å². The van der Waals surface area contributed by atoms with E-state index in [1.807, 2.05) is 0 Å². The minimum atomic E-state index is -1.07. The highest BCUT2D eigenvalue weighted by Gasteiger charge is 2.27. The highest BCUT2D eigenvalue weighted by molar-refractivity contribution is 5.98. The average Bonchev–Trinajstić information content (AvgIpc) is 3.29. The molecule has 1 aliphatic rings. The van der Waals surface area contributed by atoms with Gasteiger partial charge in [-0.2, -0.15) is 4.68 Å². The average molecular weight is 398 g/mol. The van der Waals surface area contributed by atoms with E-state index in [4.69, 9.17) is 0 Å². The van der Waals surface area contributed by atoms with Crippen LogP contribution in [0.25, 0.3) is 5.69 Å². The summed E-state index contributed by atoms with van der Waals surface area (Å²) in [7, 11) is 0. The van der Waals surface area contributed by atoms with Gasteiger partial charge in [0.15, 0.2) is 11.6 Å². The molecule has 2 aromatic carbocycles. The highest BCUT2D eigenvalue weighted by atomic mass is 19.2. The molecule has 0 saturated carbocycles. The van der Waals surface area contributed by atoms with E-state index in [9.17, 15) is 18.4 Å². The molecule has 1 saturated heterocycles. The maximum absolute atomic E-state index is 13.4. The lowest BCUT2D eigenvalue weighted by Gasteiger charge is -2.35. The SMILES string of the molecule is O=C(c1ccc(F)c(F)c1)N1CCN(C(=O)c2ccccc2-n2cnnn2)CC1. The Balaban J connectivity index is 1.46. The summed E-state index contributed by atoms with van der Waals surface area (Å²) in [5.41, 5.74) is 1.08. The van der Waals surface area contributed by atoms with Gasteiger partial charge in [-0.3, -0.25) is 9.59 Å². The molecule has 8 nitrogen and oxygen atoms in total. The van der Waals surface area contributed by atoms with Crippen LogP contribution in [0.1, 0.15) is 20.7 Å². The zero-order chi connectivity index (χ0) is 20.4. The van der Waals surface area contributed by atoms with E-state index in [2.05, 4.69) is 15.5 Å². The molecule has 29 heavy (non-hydrogen) atoms. The summed E-state index contributed by atoms with van der Waals surface area (Å²) < 4.78 is 27.9. The molecule has 0 radical (unpaired) electrons. The predicted molar refractivity (Wildman–Crippen MR) is 97.3 cm³/mol. The molecule has 1 aromatic heterocycles. The van der Waals surface area contributed by atoms with Crippen LogP contribution < -0.4 is 0 Å². The van der Waals surface area contributed by atoms with Crippen molar-refractivity contribution in [3.05, 3.63) is 71.6 Å². The third kappa shape index (κ3) is 3.68. The van der Waals surface area contributed by atoms with Gasteiger partial charge in [-0.25, -0.2) is 8.78 Å². The quantitative estimate of drug-likeness (QED) is 0.668. The van der Waals surface area contributed by atoms with Crippen LogP contribution in [0.4, 0.5) is 8.78 Å². The summed E-state index contributed by atoms with van der Waals surface area (Å²) in [6, 6.07) is 10.0. The van der Waals surface area contributed by atoms with Crippen LogP contribution in [0.15, 0.2) is 48.8 Å². The Kier molecular flexibility index (Phi) is 4.98. The lowest BCUT2D eigenvalue weighted by atomic mass is 10.1. The van der Waals surface area contributed by atoms with Crippen LogP contribution >= 0.6 is 0 Å². The Labute approximate surface area is 164 Å². The van der Waals surface area contributed by atoms with Crippen molar-refractivity contribution >= 4 is 11.8 Å². The minimum Gasteiger partial charge on any atom is -0.335 e. The fraction of sp³-hybridized carbons (Fsp3) is 0.211. The Morgan fingerprint density at radius 1 is 0.862 bits per heavy atom. The molecular formula is C19H16F2N6O2. The summed E-state index contributed by atoms with van der Waals surface area (Å²) in [4.78, 5) is 28.7. The number of tetrazole rings is 1. The van der Waals surface area contributed by atoms with Gasteiger partial charge in [0.25, 0.3) is 11.8 Å². The van der Waals surface area contributed by atoms with E-state index in [0.29, 0.717) is 24.3 Å². The van der Waals surface area contributed by atoms with Crippen LogP contribution in [0, 0.1) is 11.6 Å². The first-order valence-corrected chi connectivity index (χ1v) is 8.90. The van der Waals surface area contributed by atoms with Crippen molar-refractivity contribution in [2.45, 2.75) is 0 Å². The number of carbonyl (C=O) groups excluding carboxylic acids is 2. The number of hydrogen-bond donors (Lipinski definition) is 0. The normalized spacial score (nSPS) is 14.1. The van der Waals surface area contributed by atoms with Gasteiger partial charge in [0, 0.05) is 31.7 Å². The number of benzene rings is 2. The van der Waals surface area contributed by atoms with E-state index >= 15 is 0 Å². The molecule has 1 aliphatic heterocycles. The zero-order valence-electron chi connectivity index (χ0n) is 15.2. The molecule has 0 spiro atoms. The van der Waals surface area contributed by atoms with E-state index in [-0.39, 0.29) is 24.6 Å². The van der Waals surface area contributed by atoms with Crippen molar-refractivity contribution in [3.8, 4) is 5.69 Å². The summed E-state index contributed by atoms with van der Waals surface area (Å²) in [5, 5.41) is 11.0. The lowest BCUT2D eigenvalue weighted by molar-refractivity contribution is 0.0535. The van der Waals surface area contributed by atoms with Gasteiger partial charge in [0.2, 0.25) is 0 Å².